The largest absolute Gasteiger partial charge is 0.456 e. The first-order valence-corrected chi connectivity index (χ1v) is 16.4. The van der Waals surface area contributed by atoms with Crippen molar-refractivity contribution in [2.24, 2.45) is 0 Å². The molecule has 0 spiro atoms. The standard InChI is InChI=1S/C45H27N3O/c1-3-13-29(14-4-1)43-46-44(30-15-5-2-6-16-30)48-45(47-43)37-20-11-21-39-42(37)36-25-23-32(27-40(36)49-39)38-26-31-17-8-10-19-34(31)41-33-18-9-7-12-28(33)22-24-35(38)41/h1-27H. The molecule has 4 nitrogen and oxygen atoms in total. The molecule has 4 heteroatoms. The molecule has 228 valence electrons. The lowest BCUT2D eigenvalue weighted by molar-refractivity contribution is 0.669. The SMILES string of the molecule is c1ccc(-c2nc(-c3ccccc3)nc(-c3cccc4oc5cc(-c6cc7ccccc7c7c6ccc6ccccc67)ccc5c34)n2)cc1. The molecule has 0 aliphatic rings. The van der Waals surface area contributed by atoms with Crippen LogP contribution in [0.3, 0.4) is 0 Å². The smallest absolute Gasteiger partial charge is 0.164 e. The zero-order chi connectivity index (χ0) is 32.3. The fourth-order valence-electron chi connectivity index (χ4n) is 7.22. The van der Waals surface area contributed by atoms with Crippen molar-refractivity contribution in [3.63, 3.8) is 0 Å². The molecule has 0 amide bonds. The van der Waals surface area contributed by atoms with Gasteiger partial charge >= 0.3 is 0 Å². The van der Waals surface area contributed by atoms with Gasteiger partial charge in [0.25, 0.3) is 0 Å². The van der Waals surface area contributed by atoms with Crippen LogP contribution in [0.2, 0.25) is 0 Å². The quantitative estimate of drug-likeness (QED) is 0.183. The first-order valence-electron chi connectivity index (χ1n) is 16.4. The van der Waals surface area contributed by atoms with Crippen molar-refractivity contribution in [2.45, 2.75) is 0 Å². The van der Waals surface area contributed by atoms with Gasteiger partial charge in [-0.1, -0.05) is 140 Å². The number of nitrogens with zero attached hydrogens (tertiary/aromatic N) is 3. The number of furan rings is 1. The third kappa shape index (κ3) is 4.49. The molecule has 10 aromatic rings. The molecule has 0 aliphatic carbocycles. The van der Waals surface area contributed by atoms with Crippen LogP contribution in [0.5, 0.6) is 0 Å². The van der Waals surface area contributed by atoms with Crippen molar-refractivity contribution < 1.29 is 4.42 Å². The summed E-state index contributed by atoms with van der Waals surface area (Å²) in [6.07, 6.45) is 0. The average Bonchev–Trinajstić information content (AvgIpc) is 3.56. The van der Waals surface area contributed by atoms with Crippen LogP contribution >= 0.6 is 0 Å². The molecule has 0 saturated heterocycles. The first kappa shape index (κ1) is 27.5. The van der Waals surface area contributed by atoms with Crippen LogP contribution in [-0.4, -0.2) is 15.0 Å². The maximum Gasteiger partial charge on any atom is 0.164 e. The molecule has 2 heterocycles. The molecule has 0 saturated carbocycles. The monoisotopic (exact) mass is 625 g/mol. The molecular weight excluding hydrogens is 599 g/mol. The number of fused-ring (bicyclic) bond motifs is 8. The van der Waals surface area contributed by atoms with Gasteiger partial charge in [0.1, 0.15) is 11.2 Å². The summed E-state index contributed by atoms with van der Waals surface area (Å²) < 4.78 is 6.61. The first-order chi connectivity index (χ1) is 24.3. The lowest BCUT2D eigenvalue weighted by Crippen LogP contribution is -2.00. The van der Waals surface area contributed by atoms with Gasteiger partial charge in [0.05, 0.1) is 0 Å². The van der Waals surface area contributed by atoms with Crippen LogP contribution in [0.15, 0.2) is 168 Å². The fraction of sp³-hybridized carbons (Fsp3) is 0. The topological polar surface area (TPSA) is 51.8 Å². The summed E-state index contributed by atoms with van der Waals surface area (Å²) in [5.41, 5.74) is 6.68. The minimum absolute atomic E-state index is 0.609. The number of benzene rings is 8. The minimum atomic E-state index is 0.609. The van der Waals surface area contributed by atoms with Crippen LogP contribution in [0.1, 0.15) is 0 Å². The predicted molar refractivity (Wildman–Crippen MR) is 201 cm³/mol. The third-order valence-corrected chi connectivity index (χ3v) is 9.50. The second kappa shape index (κ2) is 11.0. The number of hydrogen-bond acceptors (Lipinski definition) is 4. The second-order valence-corrected chi connectivity index (χ2v) is 12.4. The van der Waals surface area contributed by atoms with Gasteiger partial charge in [0.2, 0.25) is 0 Å². The number of aromatic nitrogens is 3. The second-order valence-electron chi connectivity index (χ2n) is 12.4. The van der Waals surface area contributed by atoms with Gasteiger partial charge in [-0.3, -0.25) is 0 Å². The van der Waals surface area contributed by atoms with E-state index < -0.39 is 0 Å². The van der Waals surface area contributed by atoms with E-state index in [0.29, 0.717) is 17.5 Å². The van der Waals surface area contributed by atoms with Gasteiger partial charge in [0, 0.05) is 27.5 Å². The van der Waals surface area contributed by atoms with E-state index in [1.807, 2.05) is 72.8 Å². The Hall–Kier alpha value is -6.65. The molecule has 2 aromatic heterocycles. The molecule has 0 fully saturated rings. The molecule has 0 N–H and O–H groups in total. The molecule has 10 rings (SSSR count). The van der Waals surface area contributed by atoms with Crippen LogP contribution in [0.4, 0.5) is 0 Å². The highest BCUT2D eigenvalue weighted by molar-refractivity contribution is 6.24. The Morgan fingerprint density at radius 3 is 1.67 bits per heavy atom. The molecule has 0 unspecified atom stereocenters. The lowest BCUT2D eigenvalue weighted by atomic mass is 9.90. The summed E-state index contributed by atoms with van der Waals surface area (Å²) in [6.45, 7) is 0. The van der Waals surface area contributed by atoms with E-state index in [4.69, 9.17) is 19.4 Å². The van der Waals surface area contributed by atoms with Gasteiger partial charge in [-0.2, -0.15) is 0 Å². The molecule has 0 radical (unpaired) electrons. The van der Waals surface area contributed by atoms with Crippen molar-refractivity contribution in [1.29, 1.82) is 0 Å². The zero-order valence-electron chi connectivity index (χ0n) is 26.3. The van der Waals surface area contributed by atoms with Crippen molar-refractivity contribution in [1.82, 2.24) is 15.0 Å². The van der Waals surface area contributed by atoms with E-state index in [0.717, 1.165) is 44.2 Å². The van der Waals surface area contributed by atoms with Crippen molar-refractivity contribution in [2.75, 3.05) is 0 Å². The fourth-order valence-corrected chi connectivity index (χ4v) is 7.22. The van der Waals surface area contributed by atoms with Gasteiger partial charge < -0.3 is 4.42 Å². The highest BCUT2D eigenvalue weighted by Gasteiger charge is 2.19. The predicted octanol–water partition coefficient (Wildman–Crippen LogP) is 11.9. The highest BCUT2D eigenvalue weighted by Crippen LogP contribution is 2.42. The molecular formula is C45H27N3O. The van der Waals surface area contributed by atoms with E-state index in [2.05, 4.69) is 91.0 Å². The van der Waals surface area contributed by atoms with Gasteiger partial charge in [-0.25, -0.2) is 15.0 Å². The van der Waals surface area contributed by atoms with Crippen LogP contribution < -0.4 is 0 Å². The van der Waals surface area contributed by atoms with Gasteiger partial charge in [-0.15, -0.1) is 0 Å². The summed E-state index contributed by atoms with van der Waals surface area (Å²) >= 11 is 0. The van der Waals surface area contributed by atoms with Crippen molar-refractivity contribution >= 4 is 54.3 Å². The lowest BCUT2D eigenvalue weighted by Gasteiger charge is -2.13. The Balaban J connectivity index is 1.19. The Kier molecular flexibility index (Phi) is 6.15. The van der Waals surface area contributed by atoms with Crippen LogP contribution in [0.25, 0.3) is 99.5 Å². The van der Waals surface area contributed by atoms with E-state index in [-0.39, 0.29) is 0 Å². The minimum Gasteiger partial charge on any atom is -0.456 e. The molecule has 49 heavy (non-hydrogen) atoms. The van der Waals surface area contributed by atoms with Gasteiger partial charge in [0.15, 0.2) is 17.5 Å². The highest BCUT2D eigenvalue weighted by atomic mass is 16.3. The summed E-state index contributed by atoms with van der Waals surface area (Å²) in [5.74, 6) is 1.87. The zero-order valence-corrected chi connectivity index (χ0v) is 26.3. The summed E-state index contributed by atoms with van der Waals surface area (Å²) in [7, 11) is 0. The van der Waals surface area contributed by atoms with E-state index in [9.17, 15) is 0 Å². The summed E-state index contributed by atoms with van der Waals surface area (Å²) in [6, 6.07) is 56.9. The Morgan fingerprint density at radius 1 is 0.327 bits per heavy atom. The normalized spacial score (nSPS) is 11.7. The van der Waals surface area contributed by atoms with E-state index in [1.165, 1.54) is 37.9 Å². The molecule has 0 aliphatic heterocycles. The average molecular weight is 626 g/mol. The van der Waals surface area contributed by atoms with Gasteiger partial charge in [-0.05, 0) is 67.7 Å². The third-order valence-electron chi connectivity index (χ3n) is 9.50. The number of hydrogen-bond donors (Lipinski definition) is 0. The Bertz CT molecular complexity index is 2800. The van der Waals surface area contributed by atoms with E-state index >= 15 is 0 Å². The Morgan fingerprint density at radius 2 is 0.939 bits per heavy atom. The summed E-state index contributed by atoms with van der Waals surface area (Å²) in [4.78, 5) is 14.9. The Labute approximate surface area is 282 Å². The van der Waals surface area contributed by atoms with Crippen molar-refractivity contribution in [3.05, 3.63) is 164 Å². The maximum atomic E-state index is 6.61. The molecule has 0 bridgehead atoms. The number of rotatable bonds is 4. The van der Waals surface area contributed by atoms with E-state index in [1.54, 1.807) is 0 Å². The van der Waals surface area contributed by atoms with Crippen LogP contribution in [0, 0.1) is 0 Å². The molecule has 0 atom stereocenters. The van der Waals surface area contributed by atoms with Crippen molar-refractivity contribution in [3.8, 4) is 45.3 Å². The summed E-state index contributed by atoms with van der Waals surface area (Å²) in [5, 5.41) is 9.48. The van der Waals surface area contributed by atoms with Crippen LogP contribution in [-0.2, 0) is 0 Å². The maximum absolute atomic E-state index is 6.61. The molecule has 8 aromatic carbocycles.